The molecule has 1 N–H and O–H groups in total. The molecule has 2 nitrogen and oxygen atoms in total. The standard InChI is InChI=1S/C25H22O2/c1-2-3-4-5-6-7-8-17-9-10-18-12-15-21-22(25(26)27)16-13-19-11-14-20(17)23(18)24(19)21/h9-16H,2-6H2,1H3,(H,26,27). The molecule has 0 saturated heterocycles. The van der Waals surface area contributed by atoms with Crippen LogP contribution in [-0.2, 0) is 0 Å². The van der Waals surface area contributed by atoms with E-state index < -0.39 is 5.97 Å². The Labute approximate surface area is 159 Å². The summed E-state index contributed by atoms with van der Waals surface area (Å²) < 4.78 is 0. The van der Waals surface area contributed by atoms with E-state index in [1.165, 1.54) is 19.3 Å². The summed E-state index contributed by atoms with van der Waals surface area (Å²) in [6, 6.07) is 15.9. The van der Waals surface area contributed by atoms with Crippen LogP contribution in [0.5, 0.6) is 0 Å². The Morgan fingerprint density at radius 3 is 2.26 bits per heavy atom. The first-order chi connectivity index (χ1) is 13.2. The minimum absolute atomic E-state index is 0.351. The van der Waals surface area contributed by atoms with Crippen molar-refractivity contribution in [3.8, 4) is 11.8 Å². The summed E-state index contributed by atoms with van der Waals surface area (Å²) in [5, 5.41) is 15.8. The zero-order valence-electron chi connectivity index (χ0n) is 15.5. The quantitative estimate of drug-likeness (QED) is 0.249. The second-order valence-corrected chi connectivity index (χ2v) is 7.07. The Bertz CT molecular complexity index is 1190. The summed E-state index contributed by atoms with van der Waals surface area (Å²) in [6.07, 6.45) is 5.81. The summed E-state index contributed by atoms with van der Waals surface area (Å²) in [4.78, 5) is 11.6. The number of carbonyl (C=O) groups is 1. The van der Waals surface area contributed by atoms with Crippen LogP contribution in [0.2, 0.25) is 0 Å². The van der Waals surface area contributed by atoms with Gasteiger partial charge in [-0.15, -0.1) is 0 Å². The summed E-state index contributed by atoms with van der Waals surface area (Å²) in [6.45, 7) is 2.21. The van der Waals surface area contributed by atoms with Gasteiger partial charge in [0.1, 0.15) is 0 Å². The maximum absolute atomic E-state index is 11.6. The van der Waals surface area contributed by atoms with E-state index in [-0.39, 0.29) is 0 Å². The Morgan fingerprint density at radius 2 is 1.52 bits per heavy atom. The van der Waals surface area contributed by atoms with E-state index in [1.54, 1.807) is 6.07 Å². The van der Waals surface area contributed by atoms with Crippen LogP contribution in [0.4, 0.5) is 0 Å². The molecule has 27 heavy (non-hydrogen) atoms. The van der Waals surface area contributed by atoms with Gasteiger partial charge in [-0.2, -0.15) is 0 Å². The number of rotatable bonds is 5. The van der Waals surface area contributed by atoms with Crippen LogP contribution in [0.15, 0.2) is 48.5 Å². The molecule has 0 aliphatic heterocycles. The third-order valence-corrected chi connectivity index (χ3v) is 5.27. The van der Waals surface area contributed by atoms with Gasteiger partial charge in [0.05, 0.1) is 5.56 Å². The summed E-state index contributed by atoms with van der Waals surface area (Å²) in [7, 11) is 0. The lowest BCUT2D eigenvalue weighted by atomic mass is 9.90. The first-order valence-electron chi connectivity index (χ1n) is 9.63. The van der Waals surface area contributed by atoms with Crippen LogP contribution in [0.3, 0.4) is 0 Å². The molecule has 0 fully saturated rings. The molecular weight excluding hydrogens is 332 g/mol. The molecule has 0 aromatic heterocycles. The van der Waals surface area contributed by atoms with Gasteiger partial charge in [0.15, 0.2) is 0 Å². The molecule has 0 amide bonds. The fourth-order valence-electron chi connectivity index (χ4n) is 3.89. The van der Waals surface area contributed by atoms with Gasteiger partial charge in [-0.3, -0.25) is 0 Å². The molecule has 2 heteroatoms. The van der Waals surface area contributed by atoms with Gasteiger partial charge >= 0.3 is 5.97 Å². The fourth-order valence-corrected chi connectivity index (χ4v) is 3.89. The van der Waals surface area contributed by atoms with Crippen molar-refractivity contribution in [3.63, 3.8) is 0 Å². The Balaban J connectivity index is 1.85. The number of benzene rings is 4. The second kappa shape index (κ2) is 7.29. The van der Waals surface area contributed by atoms with Crippen LogP contribution in [0.1, 0.15) is 54.9 Å². The van der Waals surface area contributed by atoms with E-state index >= 15 is 0 Å². The number of unbranched alkanes of at least 4 members (excludes halogenated alkanes) is 4. The van der Waals surface area contributed by atoms with Crippen LogP contribution in [0.25, 0.3) is 32.3 Å². The molecule has 0 heterocycles. The first-order valence-corrected chi connectivity index (χ1v) is 9.63. The van der Waals surface area contributed by atoms with Crippen LogP contribution in [0, 0.1) is 11.8 Å². The number of carboxylic acids is 1. The monoisotopic (exact) mass is 354 g/mol. The lowest BCUT2D eigenvalue weighted by Crippen LogP contribution is -1.98. The van der Waals surface area contributed by atoms with E-state index in [0.717, 1.165) is 50.7 Å². The fraction of sp³-hybridized carbons (Fsp3) is 0.240. The Kier molecular flexibility index (Phi) is 4.69. The summed E-state index contributed by atoms with van der Waals surface area (Å²) in [5.74, 6) is 5.78. The van der Waals surface area contributed by atoms with E-state index in [9.17, 15) is 9.90 Å². The highest BCUT2D eigenvalue weighted by Gasteiger charge is 2.15. The molecule has 0 saturated carbocycles. The molecule has 0 atom stereocenters. The van der Waals surface area contributed by atoms with Crippen LogP contribution in [-0.4, -0.2) is 11.1 Å². The highest BCUT2D eigenvalue weighted by molar-refractivity contribution is 6.26. The lowest BCUT2D eigenvalue weighted by Gasteiger charge is -2.13. The van der Waals surface area contributed by atoms with E-state index in [1.807, 2.05) is 18.2 Å². The van der Waals surface area contributed by atoms with Gasteiger partial charge in [-0.25, -0.2) is 4.79 Å². The normalized spacial score (nSPS) is 11.1. The molecule has 0 bridgehead atoms. The van der Waals surface area contributed by atoms with E-state index in [4.69, 9.17) is 0 Å². The number of aromatic carboxylic acids is 1. The number of carboxylic acid groups (broad SMARTS) is 1. The maximum Gasteiger partial charge on any atom is 0.336 e. The van der Waals surface area contributed by atoms with E-state index in [2.05, 4.69) is 43.0 Å². The summed E-state index contributed by atoms with van der Waals surface area (Å²) >= 11 is 0. The van der Waals surface area contributed by atoms with Crippen molar-refractivity contribution in [3.05, 3.63) is 59.7 Å². The zero-order valence-corrected chi connectivity index (χ0v) is 15.5. The van der Waals surface area contributed by atoms with Crippen molar-refractivity contribution in [1.82, 2.24) is 0 Å². The minimum Gasteiger partial charge on any atom is -0.478 e. The van der Waals surface area contributed by atoms with Gasteiger partial charge in [-0.1, -0.05) is 74.4 Å². The lowest BCUT2D eigenvalue weighted by molar-refractivity contribution is 0.0699. The summed E-state index contributed by atoms with van der Waals surface area (Å²) in [5.41, 5.74) is 1.37. The van der Waals surface area contributed by atoms with Gasteiger partial charge in [0.2, 0.25) is 0 Å². The topological polar surface area (TPSA) is 37.3 Å². The molecule has 4 rings (SSSR count). The third-order valence-electron chi connectivity index (χ3n) is 5.27. The number of hydrogen-bond acceptors (Lipinski definition) is 1. The van der Waals surface area contributed by atoms with Crippen molar-refractivity contribution >= 4 is 38.3 Å². The molecule has 0 radical (unpaired) electrons. The SMILES string of the molecule is CCCCCCC#Cc1ccc2ccc3c(C(=O)O)ccc4ccc1c2c43. The molecule has 134 valence electrons. The molecule has 4 aromatic rings. The molecule has 4 aromatic carbocycles. The van der Waals surface area contributed by atoms with Gasteiger partial charge < -0.3 is 5.11 Å². The molecule has 0 aliphatic rings. The molecule has 0 aliphatic carbocycles. The van der Waals surface area contributed by atoms with Crippen molar-refractivity contribution in [2.24, 2.45) is 0 Å². The van der Waals surface area contributed by atoms with Crippen molar-refractivity contribution in [1.29, 1.82) is 0 Å². The zero-order chi connectivity index (χ0) is 18.8. The smallest absolute Gasteiger partial charge is 0.336 e. The highest BCUT2D eigenvalue weighted by atomic mass is 16.4. The van der Waals surface area contributed by atoms with Gasteiger partial charge in [-0.05, 0) is 50.9 Å². The molecular formula is C25H22O2. The molecule has 0 unspecified atom stereocenters. The average Bonchev–Trinajstić information content (AvgIpc) is 2.69. The Hall–Kier alpha value is -3.05. The Morgan fingerprint density at radius 1 is 0.852 bits per heavy atom. The van der Waals surface area contributed by atoms with Crippen LogP contribution >= 0.6 is 0 Å². The second-order valence-electron chi connectivity index (χ2n) is 7.07. The predicted octanol–water partition coefficient (Wildman–Crippen LogP) is 6.60. The predicted molar refractivity (Wildman–Crippen MR) is 113 cm³/mol. The van der Waals surface area contributed by atoms with Crippen molar-refractivity contribution < 1.29 is 9.90 Å². The van der Waals surface area contributed by atoms with Crippen LogP contribution < -0.4 is 0 Å². The number of hydrogen-bond donors (Lipinski definition) is 1. The van der Waals surface area contributed by atoms with E-state index in [0.29, 0.717) is 5.56 Å². The van der Waals surface area contributed by atoms with Crippen molar-refractivity contribution in [2.45, 2.75) is 39.0 Å². The first kappa shape index (κ1) is 17.4. The largest absolute Gasteiger partial charge is 0.478 e. The van der Waals surface area contributed by atoms with Gasteiger partial charge in [0, 0.05) is 12.0 Å². The molecule has 0 spiro atoms. The average molecular weight is 354 g/mol. The minimum atomic E-state index is -0.889. The highest BCUT2D eigenvalue weighted by Crippen LogP contribution is 2.37. The maximum atomic E-state index is 11.6. The van der Waals surface area contributed by atoms with Crippen molar-refractivity contribution in [2.75, 3.05) is 0 Å². The van der Waals surface area contributed by atoms with Gasteiger partial charge in [0.25, 0.3) is 0 Å². The third kappa shape index (κ3) is 3.11.